The quantitative estimate of drug-likeness (QED) is 0.736. The van der Waals surface area contributed by atoms with E-state index in [1.165, 1.54) is 0 Å². The summed E-state index contributed by atoms with van der Waals surface area (Å²) in [7, 11) is 0. The highest BCUT2D eigenvalue weighted by molar-refractivity contribution is 6.30. The number of aliphatic hydroxyl groups excluding tert-OH is 1. The number of benzene rings is 1. The van der Waals surface area contributed by atoms with Crippen LogP contribution in [0.3, 0.4) is 0 Å². The first-order chi connectivity index (χ1) is 8.24. The van der Waals surface area contributed by atoms with Crippen molar-refractivity contribution < 1.29 is 9.90 Å². The Bertz CT molecular complexity index is 338. The molecule has 0 aromatic heterocycles. The van der Waals surface area contributed by atoms with Gasteiger partial charge in [0.05, 0.1) is 0 Å². The minimum Gasteiger partial charge on any atom is -0.396 e. The lowest BCUT2D eigenvalue weighted by Gasteiger charge is -2.05. The van der Waals surface area contributed by atoms with Gasteiger partial charge in [0.1, 0.15) is 0 Å². The molecule has 17 heavy (non-hydrogen) atoms. The van der Waals surface area contributed by atoms with Gasteiger partial charge in [0.15, 0.2) is 0 Å². The summed E-state index contributed by atoms with van der Waals surface area (Å²) in [5, 5.41) is 12.1. The maximum absolute atomic E-state index is 11.7. The van der Waals surface area contributed by atoms with Crippen molar-refractivity contribution >= 4 is 17.5 Å². The number of carbonyl (C=O) groups is 1. The van der Waals surface area contributed by atoms with Crippen molar-refractivity contribution in [2.24, 2.45) is 0 Å². The van der Waals surface area contributed by atoms with E-state index in [4.69, 9.17) is 16.7 Å². The van der Waals surface area contributed by atoms with Gasteiger partial charge in [-0.2, -0.15) is 0 Å². The maximum Gasteiger partial charge on any atom is 0.251 e. The zero-order valence-electron chi connectivity index (χ0n) is 9.79. The molecule has 1 rings (SSSR count). The lowest BCUT2D eigenvalue weighted by molar-refractivity contribution is 0.0953. The van der Waals surface area contributed by atoms with E-state index in [9.17, 15) is 4.79 Å². The van der Waals surface area contributed by atoms with Crippen molar-refractivity contribution in [3.63, 3.8) is 0 Å². The summed E-state index contributed by atoms with van der Waals surface area (Å²) < 4.78 is 0. The standard InChI is InChI=1S/C13H18ClNO2/c14-12-7-5-11(6-8-12)13(17)15-9-3-1-2-4-10-16/h5-8,16H,1-4,9-10H2,(H,15,17). The Morgan fingerprint density at radius 3 is 2.41 bits per heavy atom. The Labute approximate surface area is 107 Å². The smallest absolute Gasteiger partial charge is 0.251 e. The number of halogens is 1. The van der Waals surface area contributed by atoms with Crippen LogP contribution >= 0.6 is 11.6 Å². The number of hydrogen-bond acceptors (Lipinski definition) is 2. The van der Waals surface area contributed by atoms with Crippen LogP contribution in [0.25, 0.3) is 0 Å². The van der Waals surface area contributed by atoms with Crippen LogP contribution in [0.5, 0.6) is 0 Å². The van der Waals surface area contributed by atoms with E-state index in [0.29, 0.717) is 17.1 Å². The SMILES string of the molecule is O=C(NCCCCCCO)c1ccc(Cl)cc1. The molecule has 0 aliphatic carbocycles. The third-order valence-corrected chi connectivity index (χ3v) is 2.73. The van der Waals surface area contributed by atoms with Crippen molar-refractivity contribution in [3.8, 4) is 0 Å². The summed E-state index contributed by atoms with van der Waals surface area (Å²) in [5.41, 5.74) is 0.629. The molecule has 1 aromatic rings. The van der Waals surface area contributed by atoms with E-state index in [1.54, 1.807) is 24.3 Å². The summed E-state index contributed by atoms with van der Waals surface area (Å²) in [5.74, 6) is -0.0659. The number of hydrogen-bond donors (Lipinski definition) is 2. The van der Waals surface area contributed by atoms with E-state index in [2.05, 4.69) is 5.32 Å². The van der Waals surface area contributed by atoms with Gasteiger partial charge >= 0.3 is 0 Å². The Morgan fingerprint density at radius 2 is 1.76 bits per heavy atom. The first kappa shape index (κ1) is 14.0. The topological polar surface area (TPSA) is 49.3 Å². The number of amides is 1. The van der Waals surface area contributed by atoms with Crippen LogP contribution < -0.4 is 5.32 Å². The second-order valence-electron chi connectivity index (χ2n) is 3.90. The maximum atomic E-state index is 11.7. The minimum absolute atomic E-state index is 0.0659. The minimum atomic E-state index is -0.0659. The lowest BCUT2D eigenvalue weighted by Crippen LogP contribution is -2.24. The van der Waals surface area contributed by atoms with Gasteiger partial charge in [-0.05, 0) is 37.1 Å². The zero-order valence-corrected chi connectivity index (χ0v) is 10.5. The van der Waals surface area contributed by atoms with Crippen molar-refractivity contribution in [1.29, 1.82) is 0 Å². The van der Waals surface area contributed by atoms with Gasteiger partial charge in [-0.1, -0.05) is 24.4 Å². The summed E-state index contributed by atoms with van der Waals surface area (Å²) in [6, 6.07) is 6.84. The van der Waals surface area contributed by atoms with E-state index in [1.807, 2.05) is 0 Å². The molecule has 0 fully saturated rings. The highest BCUT2D eigenvalue weighted by Crippen LogP contribution is 2.09. The molecular formula is C13H18ClNO2. The van der Waals surface area contributed by atoms with Crippen LogP contribution in [0.15, 0.2) is 24.3 Å². The molecule has 0 atom stereocenters. The lowest BCUT2D eigenvalue weighted by atomic mass is 10.2. The van der Waals surface area contributed by atoms with E-state index in [-0.39, 0.29) is 12.5 Å². The molecule has 1 amide bonds. The molecule has 0 spiro atoms. The fraction of sp³-hybridized carbons (Fsp3) is 0.462. The molecule has 3 nitrogen and oxygen atoms in total. The predicted octanol–water partition coefficient (Wildman–Crippen LogP) is 2.62. The van der Waals surface area contributed by atoms with Gasteiger partial charge in [0, 0.05) is 23.7 Å². The molecule has 0 bridgehead atoms. The first-order valence-corrected chi connectivity index (χ1v) is 6.26. The third kappa shape index (κ3) is 5.71. The summed E-state index contributed by atoms with van der Waals surface area (Å²) >= 11 is 5.74. The van der Waals surface area contributed by atoms with Crippen molar-refractivity contribution in [2.45, 2.75) is 25.7 Å². The Hall–Kier alpha value is -1.06. The van der Waals surface area contributed by atoms with Crippen LogP contribution in [0.2, 0.25) is 5.02 Å². The highest BCUT2D eigenvalue weighted by atomic mass is 35.5. The normalized spacial score (nSPS) is 10.2. The van der Waals surface area contributed by atoms with Gasteiger partial charge < -0.3 is 10.4 Å². The van der Waals surface area contributed by atoms with Crippen molar-refractivity contribution in [1.82, 2.24) is 5.32 Å². The van der Waals surface area contributed by atoms with E-state index in [0.717, 1.165) is 25.7 Å². The molecule has 0 aliphatic heterocycles. The number of rotatable bonds is 7. The van der Waals surface area contributed by atoms with Gasteiger partial charge in [-0.15, -0.1) is 0 Å². The molecule has 0 saturated carbocycles. The Kier molecular flexibility index (Phi) is 6.67. The monoisotopic (exact) mass is 255 g/mol. The number of nitrogens with one attached hydrogen (secondary N) is 1. The molecule has 94 valence electrons. The molecular weight excluding hydrogens is 238 g/mol. The zero-order chi connectivity index (χ0) is 12.5. The van der Waals surface area contributed by atoms with E-state index < -0.39 is 0 Å². The highest BCUT2D eigenvalue weighted by Gasteiger charge is 2.03. The number of unbranched alkanes of at least 4 members (excludes halogenated alkanes) is 3. The first-order valence-electron chi connectivity index (χ1n) is 5.88. The number of carbonyl (C=O) groups excluding carboxylic acids is 1. The van der Waals surface area contributed by atoms with Crippen LogP contribution in [0.1, 0.15) is 36.0 Å². The Balaban J connectivity index is 2.19. The second-order valence-corrected chi connectivity index (χ2v) is 4.34. The van der Waals surface area contributed by atoms with Crippen molar-refractivity contribution in [3.05, 3.63) is 34.9 Å². The molecule has 0 aliphatic rings. The predicted molar refractivity (Wildman–Crippen MR) is 69.3 cm³/mol. The largest absolute Gasteiger partial charge is 0.396 e. The molecule has 1 aromatic carbocycles. The second kappa shape index (κ2) is 8.09. The molecule has 2 N–H and O–H groups in total. The van der Waals surface area contributed by atoms with Gasteiger partial charge in [0.2, 0.25) is 0 Å². The van der Waals surface area contributed by atoms with Gasteiger partial charge in [-0.25, -0.2) is 0 Å². The summed E-state index contributed by atoms with van der Waals surface area (Å²) in [4.78, 5) is 11.7. The fourth-order valence-electron chi connectivity index (χ4n) is 1.50. The van der Waals surface area contributed by atoms with Crippen molar-refractivity contribution in [2.75, 3.05) is 13.2 Å². The summed E-state index contributed by atoms with van der Waals surface area (Å²) in [6.07, 6.45) is 3.82. The molecule has 0 heterocycles. The van der Waals surface area contributed by atoms with Crippen LogP contribution in [0, 0.1) is 0 Å². The third-order valence-electron chi connectivity index (χ3n) is 2.48. The van der Waals surface area contributed by atoms with Crippen LogP contribution in [0.4, 0.5) is 0 Å². The Morgan fingerprint density at radius 1 is 1.12 bits per heavy atom. The molecule has 0 unspecified atom stereocenters. The molecule has 0 radical (unpaired) electrons. The van der Waals surface area contributed by atoms with Gasteiger partial charge in [0.25, 0.3) is 5.91 Å². The van der Waals surface area contributed by atoms with Gasteiger partial charge in [-0.3, -0.25) is 4.79 Å². The van der Waals surface area contributed by atoms with Crippen LogP contribution in [-0.4, -0.2) is 24.2 Å². The molecule has 0 saturated heterocycles. The summed E-state index contributed by atoms with van der Waals surface area (Å²) in [6.45, 7) is 0.921. The average Bonchev–Trinajstić information content (AvgIpc) is 2.34. The van der Waals surface area contributed by atoms with Crippen LogP contribution in [-0.2, 0) is 0 Å². The van der Waals surface area contributed by atoms with E-state index >= 15 is 0 Å². The average molecular weight is 256 g/mol. The molecule has 4 heteroatoms. The fourth-order valence-corrected chi connectivity index (χ4v) is 1.62. The number of aliphatic hydroxyl groups is 1.